The van der Waals surface area contributed by atoms with E-state index in [2.05, 4.69) is 27.9 Å². The zero-order chi connectivity index (χ0) is 23.1. The van der Waals surface area contributed by atoms with Crippen molar-refractivity contribution in [3.05, 3.63) is 103 Å². The van der Waals surface area contributed by atoms with E-state index in [0.717, 1.165) is 9.13 Å². The van der Waals surface area contributed by atoms with Crippen LogP contribution in [-0.4, -0.2) is 10.8 Å². The molecule has 3 aromatic carbocycles. The van der Waals surface area contributed by atoms with E-state index in [-0.39, 0.29) is 23.6 Å². The van der Waals surface area contributed by atoms with Gasteiger partial charge in [-0.25, -0.2) is 4.39 Å². The molecule has 0 saturated carbocycles. The summed E-state index contributed by atoms with van der Waals surface area (Å²) in [5.74, 6) is -0.733. The van der Waals surface area contributed by atoms with Crippen molar-refractivity contribution in [2.24, 2.45) is 0 Å². The first-order chi connectivity index (χ1) is 15.4. The fraction of sp³-hybridized carbons (Fsp3) is 0.0435. The summed E-state index contributed by atoms with van der Waals surface area (Å²) in [6.07, 6.45) is 1.40. The van der Waals surface area contributed by atoms with E-state index in [1.807, 2.05) is 6.07 Å². The Labute approximate surface area is 196 Å². The second-order valence-corrected chi connectivity index (χ2v) is 7.67. The van der Waals surface area contributed by atoms with E-state index >= 15 is 0 Å². The molecular weight excluding hydrogens is 528 g/mol. The van der Waals surface area contributed by atoms with Gasteiger partial charge in [0.1, 0.15) is 29.8 Å². The molecule has 3 aromatic rings. The van der Waals surface area contributed by atoms with Gasteiger partial charge in [0.05, 0.1) is 14.2 Å². The Balaban J connectivity index is 1.69. The quantitative estimate of drug-likeness (QED) is 0.140. The smallest absolute Gasteiger partial charge is 0.269 e. The van der Waals surface area contributed by atoms with Gasteiger partial charge >= 0.3 is 0 Å². The number of hydrogen-bond donors (Lipinski definition) is 1. The topological polar surface area (TPSA) is 105 Å². The second-order valence-electron chi connectivity index (χ2n) is 6.51. The molecule has 1 amide bonds. The van der Waals surface area contributed by atoms with Crippen molar-refractivity contribution in [3.63, 3.8) is 0 Å². The molecule has 1 N–H and O–H groups in total. The third kappa shape index (κ3) is 5.89. The van der Waals surface area contributed by atoms with Crippen molar-refractivity contribution in [1.29, 1.82) is 5.26 Å². The summed E-state index contributed by atoms with van der Waals surface area (Å²) in [6, 6.07) is 18.7. The van der Waals surface area contributed by atoms with E-state index in [9.17, 15) is 24.6 Å². The van der Waals surface area contributed by atoms with Crippen LogP contribution in [0, 0.1) is 30.8 Å². The van der Waals surface area contributed by atoms with Crippen molar-refractivity contribution in [1.82, 2.24) is 0 Å². The van der Waals surface area contributed by atoms with Crippen molar-refractivity contribution in [2.45, 2.75) is 6.61 Å². The third-order valence-corrected chi connectivity index (χ3v) is 5.14. The maximum atomic E-state index is 13.7. The summed E-state index contributed by atoms with van der Waals surface area (Å²) in [6.45, 7) is 0.220. The minimum absolute atomic E-state index is 0.00630. The Kier molecular flexibility index (Phi) is 7.51. The molecule has 0 bridgehead atoms. The van der Waals surface area contributed by atoms with Gasteiger partial charge in [0.25, 0.3) is 11.6 Å². The Bertz CT molecular complexity index is 1240. The summed E-state index contributed by atoms with van der Waals surface area (Å²) >= 11 is 2.07. The maximum Gasteiger partial charge on any atom is 0.269 e. The van der Waals surface area contributed by atoms with Gasteiger partial charge in [0.2, 0.25) is 0 Å². The van der Waals surface area contributed by atoms with Gasteiger partial charge < -0.3 is 10.1 Å². The molecule has 0 radical (unpaired) electrons. The summed E-state index contributed by atoms with van der Waals surface area (Å²) in [4.78, 5) is 22.6. The molecule has 0 aliphatic rings. The molecule has 0 saturated heterocycles. The monoisotopic (exact) mass is 543 g/mol. The van der Waals surface area contributed by atoms with Crippen LogP contribution in [-0.2, 0) is 11.4 Å². The summed E-state index contributed by atoms with van der Waals surface area (Å²) in [5.41, 5.74) is 1.18. The lowest BCUT2D eigenvalue weighted by Gasteiger charge is -2.09. The number of carbonyl (C=O) groups excluding carboxylic acids is 1. The van der Waals surface area contributed by atoms with Gasteiger partial charge in [0, 0.05) is 12.1 Å². The lowest BCUT2D eigenvalue weighted by atomic mass is 10.1. The van der Waals surface area contributed by atoms with E-state index in [1.165, 1.54) is 36.4 Å². The number of ether oxygens (including phenoxy) is 1. The molecule has 0 aromatic heterocycles. The number of nitro benzene ring substituents is 1. The molecular formula is C23H15FIN3O4. The Morgan fingerprint density at radius 1 is 1.19 bits per heavy atom. The molecule has 0 fully saturated rings. The first kappa shape index (κ1) is 22.9. The molecule has 0 aliphatic heterocycles. The fourth-order valence-electron chi connectivity index (χ4n) is 2.67. The summed E-state index contributed by atoms with van der Waals surface area (Å²) in [7, 11) is 0. The Morgan fingerprint density at radius 3 is 2.53 bits per heavy atom. The number of nitrogens with zero attached hydrogens (tertiary/aromatic N) is 2. The molecule has 3 rings (SSSR count). The van der Waals surface area contributed by atoms with E-state index in [4.69, 9.17) is 4.74 Å². The highest BCUT2D eigenvalue weighted by Gasteiger charge is 2.12. The Morgan fingerprint density at radius 2 is 1.91 bits per heavy atom. The van der Waals surface area contributed by atoms with Crippen LogP contribution in [0.3, 0.4) is 0 Å². The van der Waals surface area contributed by atoms with E-state index < -0.39 is 16.6 Å². The number of anilines is 1. The Hall–Kier alpha value is -3.78. The second kappa shape index (κ2) is 10.5. The van der Waals surface area contributed by atoms with Crippen LogP contribution in [0.25, 0.3) is 6.08 Å². The highest BCUT2D eigenvalue weighted by atomic mass is 127. The number of rotatable bonds is 7. The van der Waals surface area contributed by atoms with Crippen LogP contribution in [0.5, 0.6) is 5.75 Å². The zero-order valence-corrected chi connectivity index (χ0v) is 18.6. The largest absolute Gasteiger partial charge is 0.488 e. The number of benzene rings is 3. The zero-order valence-electron chi connectivity index (χ0n) is 16.4. The van der Waals surface area contributed by atoms with Gasteiger partial charge in [-0.1, -0.05) is 18.2 Å². The number of nitro groups is 1. The van der Waals surface area contributed by atoms with Gasteiger partial charge in [-0.05, 0) is 76.2 Å². The molecule has 0 unspecified atom stereocenters. The molecule has 0 atom stereocenters. The average Bonchev–Trinajstić information content (AvgIpc) is 2.78. The van der Waals surface area contributed by atoms with Gasteiger partial charge in [0.15, 0.2) is 0 Å². The minimum atomic E-state index is -0.717. The molecule has 0 heterocycles. The van der Waals surface area contributed by atoms with Crippen molar-refractivity contribution < 1.29 is 18.8 Å². The number of nitriles is 1. The number of nitrogens with one attached hydrogen (secondary N) is 1. The molecule has 32 heavy (non-hydrogen) atoms. The molecule has 7 nitrogen and oxygen atoms in total. The van der Waals surface area contributed by atoms with Crippen LogP contribution in [0.4, 0.5) is 15.8 Å². The first-order valence-electron chi connectivity index (χ1n) is 9.20. The predicted molar refractivity (Wildman–Crippen MR) is 125 cm³/mol. The lowest BCUT2D eigenvalue weighted by molar-refractivity contribution is -0.384. The van der Waals surface area contributed by atoms with Gasteiger partial charge in [-0.3, -0.25) is 14.9 Å². The average molecular weight is 543 g/mol. The number of para-hydroxylation sites is 1. The van der Waals surface area contributed by atoms with Crippen molar-refractivity contribution in [2.75, 3.05) is 5.32 Å². The van der Waals surface area contributed by atoms with Crippen LogP contribution < -0.4 is 10.1 Å². The fourth-order valence-corrected chi connectivity index (χ4v) is 3.36. The predicted octanol–water partition coefficient (Wildman–Crippen LogP) is 5.46. The van der Waals surface area contributed by atoms with Crippen LogP contribution in [0.2, 0.25) is 0 Å². The number of amides is 1. The number of halogens is 2. The number of non-ortho nitro benzene ring substituents is 1. The first-order valence-corrected chi connectivity index (χ1v) is 10.3. The third-order valence-electron chi connectivity index (χ3n) is 4.30. The highest BCUT2D eigenvalue weighted by molar-refractivity contribution is 14.1. The standard InChI is InChI=1S/C23H15FIN3O4/c24-19-3-1-2-4-21(19)27-23(29)17(13-26)11-16-7-10-22(20(25)12-16)32-14-15-5-8-18(9-6-15)28(30)31/h1-12H,14H2,(H,27,29)/b17-11-. The normalized spacial score (nSPS) is 10.8. The summed E-state index contributed by atoms with van der Waals surface area (Å²) in [5, 5.41) is 22.5. The van der Waals surface area contributed by atoms with E-state index in [0.29, 0.717) is 11.3 Å². The number of carbonyl (C=O) groups is 1. The molecule has 0 spiro atoms. The minimum Gasteiger partial charge on any atom is -0.488 e. The van der Waals surface area contributed by atoms with E-state index in [1.54, 1.807) is 36.4 Å². The molecule has 9 heteroatoms. The lowest BCUT2D eigenvalue weighted by Crippen LogP contribution is -2.14. The molecule has 160 valence electrons. The molecule has 0 aliphatic carbocycles. The van der Waals surface area contributed by atoms with Crippen LogP contribution in [0.15, 0.2) is 72.3 Å². The number of hydrogen-bond acceptors (Lipinski definition) is 5. The van der Waals surface area contributed by atoms with Crippen molar-refractivity contribution >= 4 is 45.9 Å². The van der Waals surface area contributed by atoms with Gasteiger partial charge in [-0.15, -0.1) is 0 Å². The highest BCUT2D eigenvalue weighted by Crippen LogP contribution is 2.25. The van der Waals surface area contributed by atoms with Crippen LogP contribution in [0.1, 0.15) is 11.1 Å². The SMILES string of the molecule is N#C/C(=C/c1ccc(OCc2ccc([N+](=O)[O-])cc2)c(I)c1)C(=O)Nc1ccccc1F. The maximum absolute atomic E-state index is 13.7. The van der Waals surface area contributed by atoms with Crippen molar-refractivity contribution in [3.8, 4) is 11.8 Å². The van der Waals surface area contributed by atoms with Crippen LogP contribution >= 0.6 is 22.6 Å². The van der Waals surface area contributed by atoms with Gasteiger partial charge in [-0.2, -0.15) is 5.26 Å². The summed E-state index contributed by atoms with van der Waals surface area (Å²) < 4.78 is 20.2.